The monoisotopic (exact) mass is 214 g/mol. The average molecular weight is 214 g/mol. The fourth-order valence-electron chi connectivity index (χ4n) is 2.98. The van der Waals surface area contributed by atoms with Crippen LogP contribution >= 0.6 is 0 Å². The quantitative estimate of drug-likeness (QED) is 0.706. The van der Waals surface area contributed by atoms with Crippen LogP contribution in [0.1, 0.15) is 26.2 Å². The zero-order valence-corrected chi connectivity index (χ0v) is 9.79. The van der Waals surface area contributed by atoms with Crippen molar-refractivity contribution in [2.24, 2.45) is 5.92 Å². The highest BCUT2D eigenvalue weighted by molar-refractivity contribution is 4.84. The van der Waals surface area contributed by atoms with Gasteiger partial charge < -0.3 is 0 Å². The molecule has 2 atom stereocenters. The summed E-state index contributed by atoms with van der Waals surface area (Å²) in [5.41, 5.74) is 0. The second-order valence-corrected chi connectivity index (χ2v) is 5.14. The van der Waals surface area contributed by atoms with Crippen molar-refractivity contribution < 1.29 is 4.39 Å². The van der Waals surface area contributed by atoms with Gasteiger partial charge in [0.15, 0.2) is 0 Å². The summed E-state index contributed by atoms with van der Waals surface area (Å²) in [5, 5.41) is 0. The van der Waals surface area contributed by atoms with Crippen LogP contribution in [0.2, 0.25) is 0 Å². The van der Waals surface area contributed by atoms with E-state index in [0.717, 1.165) is 38.1 Å². The van der Waals surface area contributed by atoms with Gasteiger partial charge in [-0.05, 0) is 25.2 Å². The van der Waals surface area contributed by atoms with E-state index in [2.05, 4.69) is 16.7 Å². The molecule has 0 radical (unpaired) electrons. The van der Waals surface area contributed by atoms with Crippen LogP contribution in [0, 0.1) is 5.92 Å². The van der Waals surface area contributed by atoms with Gasteiger partial charge >= 0.3 is 0 Å². The lowest BCUT2D eigenvalue weighted by Gasteiger charge is -2.37. The molecule has 3 heteroatoms. The van der Waals surface area contributed by atoms with Crippen molar-refractivity contribution >= 4 is 0 Å². The molecule has 0 aromatic rings. The summed E-state index contributed by atoms with van der Waals surface area (Å²) in [6.07, 6.45) is 4.16. The van der Waals surface area contributed by atoms with Crippen LogP contribution in [-0.2, 0) is 0 Å². The number of nitrogens with zero attached hydrogens (tertiary/aromatic N) is 2. The maximum absolute atomic E-state index is 12.2. The normalized spacial score (nSPS) is 34.8. The van der Waals surface area contributed by atoms with Crippen molar-refractivity contribution in [3.8, 4) is 0 Å². The highest BCUT2D eigenvalue weighted by atomic mass is 19.1. The molecule has 0 bridgehead atoms. The summed E-state index contributed by atoms with van der Waals surface area (Å²) in [5.74, 6) is 0.916. The molecule has 2 unspecified atom stereocenters. The summed E-state index contributed by atoms with van der Waals surface area (Å²) < 4.78 is 12.2. The van der Waals surface area contributed by atoms with Crippen molar-refractivity contribution in [2.45, 2.75) is 32.2 Å². The Morgan fingerprint density at radius 1 is 1.13 bits per heavy atom. The number of alkyl halides is 1. The molecule has 0 aromatic carbocycles. The van der Waals surface area contributed by atoms with E-state index in [1.165, 1.54) is 19.3 Å². The van der Waals surface area contributed by atoms with E-state index in [-0.39, 0.29) is 6.67 Å². The third-order valence-corrected chi connectivity index (χ3v) is 3.99. The molecule has 2 rings (SSSR count). The van der Waals surface area contributed by atoms with Gasteiger partial charge in [0.2, 0.25) is 0 Å². The fourth-order valence-corrected chi connectivity index (χ4v) is 2.98. The fraction of sp³-hybridized carbons (Fsp3) is 1.00. The maximum Gasteiger partial charge on any atom is 0.102 e. The van der Waals surface area contributed by atoms with Crippen molar-refractivity contribution in [2.75, 3.05) is 39.4 Å². The van der Waals surface area contributed by atoms with E-state index in [1.807, 2.05) is 0 Å². The van der Waals surface area contributed by atoms with Gasteiger partial charge in [-0.3, -0.25) is 9.80 Å². The third-order valence-electron chi connectivity index (χ3n) is 3.99. The van der Waals surface area contributed by atoms with Crippen LogP contribution in [0.4, 0.5) is 4.39 Å². The Morgan fingerprint density at radius 3 is 2.40 bits per heavy atom. The summed E-state index contributed by atoms with van der Waals surface area (Å²) in [7, 11) is 0. The highest BCUT2D eigenvalue weighted by Crippen LogP contribution is 2.29. The Balaban J connectivity index is 1.73. The summed E-state index contributed by atoms with van der Waals surface area (Å²) >= 11 is 0. The van der Waals surface area contributed by atoms with Crippen LogP contribution in [0.15, 0.2) is 0 Å². The van der Waals surface area contributed by atoms with Crippen molar-refractivity contribution in [3.63, 3.8) is 0 Å². The molecule has 88 valence electrons. The summed E-state index contributed by atoms with van der Waals surface area (Å²) in [6.45, 7) is 7.23. The zero-order chi connectivity index (χ0) is 10.7. The minimum absolute atomic E-state index is 0.194. The Labute approximate surface area is 92.4 Å². The Hall–Kier alpha value is -0.150. The first-order chi connectivity index (χ1) is 7.29. The topological polar surface area (TPSA) is 6.48 Å². The molecular formula is C12H23FN2. The molecule has 2 aliphatic rings. The first-order valence-corrected chi connectivity index (χ1v) is 6.32. The summed E-state index contributed by atoms with van der Waals surface area (Å²) in [6, 6.07) is 0.826. The van der Waals surface area contributed by atoms with E-state index in [9.17, 15) is 4.39 Å². The lowest BCUT2D eigenvalue weighted by atomic mass is 10.1. The van der Waals surface area contributed by atoms with E-state index < -0.39 is 0 Å². The van der Waals surface area contributed by atoms with Gasteiger partial charge in [0.1, 0.15) is 6.67 Å². The number of halogens is 1. The minimum Gasteiger partial charge on any atom is -0.298 e. The molecule has 1 heterocycles. The second kappa shape index (κ2) is 5.26. The van der Waals surface area contributed by atoms with Gasteiger partial charge in [-0.2, -0.15) is 0 Å². The molecule has 0 aromatic heterocycles. The first-order valence-electron chi connectivity index (χ1n) is 6.32. The Bertz CT molecular complexity index is 190. The maximum atomic E-state index is 12.2. The van der Waals surface area contributed by atoms with E-state index in [1.54, 1.807) is 0 Å². The Morgan fingerprint density at radius 2 is 1.87 bits per heavy atom. The lowest BCUT2D eigenvalue weighted by Crippen LogP contribution is -2.50. The van der Waals surface area contributed by atoms with Crippen LogP contribution in [-0.4, -0.2) is 55.2 Å². The lowest BCUT2D eigenvalue weighted by molar-refractivity contribution is 0.0926. The van der Waals surface area contributed by atoms with Gasteiger partial charge in [-0.25, -0.2) is 4.39 Å². The van der Waals surface area contributed by atoms with E-state index in [0.29, 0.717) is 6.54 Å². The second-order valence-electron chi connectivity index (χ2n) is 5.14. The van der Waals surface area contributed by atoms with Crippen LogP contribution in [0.5, 0.6) is 0 Å². The molecule has 2 nitrogen and oxygen atoms in total. The van der Waals surface area contributed by atoms with Crippen molar-refractivity contribution in [1.82, 2.24) is 9.80 Å². The molecule has 1 aliphatic carbocycles. The number of piperazine rings is 1. The van der Waals surface area contributed by atoms with Gasteiger partial charge in [0.05, 0.1) is 0 Å². The molecule has 2 fully saturated rings. The SMILES string of the molecule is CC1CCC(N2CCN(CCF)CC2)C1. The van der Waals surface area contributed by atoms with Crippen molar-refractivity contribution in [3.05, 3.63) is 0 Å². The predicted molar refractivity (Wildman–Crippen MR) is 60.8 cm³/mol. The molecule has 1 aliphatic heterocycles. The molecule has 0 spiro atoms. The average Bonchev–Trinajstić information content (AvgIpc) is 2.67. The predicted octanol–water partition coefficient (Wildman–Crippen LogP) is 1.76. The zero-order valence-electron chi connectivity index (χ0n) is 9.79. The molecule has 1 saturated carbocycles. The third kappa shape index (κ3) is 2.91. The number of hydrogen-bond donors (Lipinski definition) is 0. The van der Waals surface area contributed by atoms with Gasteiger partial charge in [0.25, 0.3) is 0 Å². The number of rotatable bonds is 3. The molecule has 1 saturated heterocycles. The molecular weight excluding hydrogens is 191 g/mol. The van der Waals surface area contributed by atoms with E-state index >= 15 is 0 Å². The summed E-state index contributed by atoms with van der Waals surface area (Å²) in [4.78, 5) is 4.87. The largest absolute Gasteiger partial charge is 0.298 e. The van der Waals surface area contributed by atoms with Gasteiger partial charge in [0, 0.05) is 38.8 Å². The first kappa shape index (κ1) is 11.3. The minimum atomic E-state index is -0.194. The molecule has 0 amide bonds. The van der Waals surface area contributed by atoms with Crippen LogP contribution in [0.3, 0.4) is 0 Å². The molecule has 15 heavy (non-hydrogen) atoms. The van der Waals surface area contributed by atoms with E-state index in [4.69, 9.17) is 0 Å². The number of hydrogen-bond acceptors (Lipinski definition) is 2. The van der Waals surface area contributed by atoms with Crippen molar-refractivity contribution in [1.29, 1.82) is 0 Å². The highest BCUT2D eigenvalue weighted by Gasteiger charge is 2.28. The molecule has 0 N–H and O–H groups in total. The standard InChI is InChI=1S/C12H23FN2/c1-11-2-3-12(10-11)15-8-6-14(5-4-13)7-9-15/h11-12H,2-10H2,1H3. The van der Waals surface area contributed by atoms with Gasteiger partial charge in [-0.1, -0.05) is 6.92 Å². The van der Waals surface area contributed by atoms with Crippen LogP contribution < -0.4 is 0 Å². The smallest absolute Gasteiger partial charge is 0.102 e. The van der Waals surface area contributed by atoms with Gasteiger partial charge in [-0.15, -0.1) is 0 Å². The Kier molecular flexibility index (Phi) is 3.98. The van der Waals surface area contributed by atoms with Crippen LogP contribution in [0.25, 0.3) is 0 Å².